The number of carbonyl (C=O) groups excluding carboxylic acids is 2. The van der Waals surface area contributed by atoms with Crippen LogP contribution in [0.3, 0.4) is 0 Å². The van der Waals surface area contributed by atoms with E-state index in [0.29, 0.717) is 35.1 Å². The number of nitrogens with zero attached hydrogens (tertiary/aromatic N) is 3. The highest BCUT2D eigenvalue weighted by molar-refractivity contribution is 5.94. The van der Waals surface area contributed by atoms with Crippen molar-refractivity contribution in [1.82, 2.24) is 10.3 Å². The predicted octanol–water partition coefficient (Wildman–Crippen LogP) is 3.46. The van der Waals surface area contributed by atoms with Crippen LogP contribution < -0.4 is 10.2 Å². The van der Waals surface area contributed by atoms with Crippen molar-refractivity contribution in [3.05, 3.63) is 47.5 Å². The van der Waals surface area contributed by atoms with E-state index < -0.39 is 23.4 Å². The average molecular weight is 446 g/mol. The molecule has 0 spiro atoms. The van der Waals surface area contributed by atoms with E-state index in [9.17, 15) is 14.9 Å². The maximum Gasteiger partial charge on any atom is 0.415 e. The van der Waals surface area contributed by atoms with E-state index in [1.165, 1.54) is 24.3 Å². The van der Waals surface area contributed by atoms with Gasteiger partial charge >= 0.3 is 6.09 Å². The number of fused-ring (bicyclic) bond motifs is 4. The molecular weight excluding hydrogens is 423 g/mol. The van der Waals surface area contributed by atoms with Gasteiger partial charge in [-0.2, -0.15) is 5.26 Å². The van der Waals surface area contributed by atoms with Crippen LogP contribution in [0.5, 0.6) is 0 Å². The molecule has 2 amide bonds. The largest absolute Gasteiger partial charge is 0.442 e. The molecule has 33 heavy (non-hydrogen) atoms. The summed E-state index contributed by atoms with van der Waals surface area (Å²) in [5.74, 6) is 0.158. The molecule has 2 aliphatic heterocycles. The molecule has 3 fully saturated rings. The lowest BCUT2D eigenvalue weighted by atomic mass is 9.92. The van der Waals surface area contributed by atoms with Crippen LogP contribution in [0.1, 0.15) is 37.4 Å². The standard InChI is InChI=1S/C25H23FN4O3/c1-13(31)28-11-22-21-8-15-7-16(19(26)9-20(15)30(21)24(32)33-22)14-5-6-23(29-10-14)25(12-27)17-3-2-4-18(17)25/h5-7,9-10,17-18,21-22H,2-4,8,11H2,1H3,(H,28,31)/t17-,18+,21-,22-,25?/m0/s1. The summed E-state index contributed by atoms with van der Waals surface area (Å²) in [6, 6.07) is 9.08. The van der Waals surface area contributed by atoms with Crippen LogP contribution in [0, 0.1) is 29.0 Å². The Bertz CT molecular complexity index is 1210. The number of ether oxygens (including phenoxy) is 1. The number of hydrogen-bond acceptors (Lipinski definition) is 5. The second-order valence-electron chi connectivity index (χ2n) is 9.52. The van der Waals surface area contributed by atoms with Crippen molar-refractivity contribution in [2.45, 2.75) is 50.2 Å². The van der Waals surface area contributed by atoms with E-state index in [-0.39, 0.29) is 18.5 Å². The number of aromatic nitrogens is 1. The number of benzene rings is 1. The monoisotopic (exact) mass is 446 g/mol. The molecule has 2 aliphatic carbocycles. The normalized spacial score (nSPS) is 30.8. The minimum atomic E-state index is -0.524. The molecule has 168 valence electrons. The van der Waals surface area contributed by atoms with Crippen molar-refractivity contribution >= 4 is 17.7 Å². The van der Waals surface area contributed by atoms with Gasteiger partial charge < -0.3 is 10.1 Å². The summed E-state index contributed by atoms with van der Waals surface area (Å²) in [5.41, 5.74) is 2.74. The minimum Gasteiger partial charge on any atom is -0.442 e. The Hall–Kier alpha value is -3.47. The van der Waals surface area contributed by atoms with E-state index in [2.05, 4.69) is 16.4 Å². The van der Waals surface area contributed by atoms with Gasteiger partial charge in [0.1, 0.15) is 17.3 Å². The van der Waals surface area contributed by atoms with Gasteiger partial charge in [0.15, 0.2) is 0 Å². The molecule has 6 rings (SSSR count). The first kappa shape index (κ1) is 20.2. The van der Waals surface area contributed by atoms with Gasteiger partial charge in [0.05, 0.1) is 30.0 Å². The Morgan fingerprint density at radius 3 is 2.82 bits per heavy atom. The first-order chi connectivity index (χ1) is 15.9. The quantitative estimate of drug-likeness (QED) is 0.776. The second kappa shape index (κ2) is 7.01. The summed E-state index contributed by atoms with van der Waals surface area (Å²) in [6.07, 6.45) is 4.48. The van der Waals surface area contributed by atoms with Crippen LogP contribution in [0.25, 0.3) is 11.1 Å². The molecular formula is C25H23FN4O3. The summed E-state index contributed by atoms with van der Waals surface area (Å²) >= 11 is 0. The predicted molar refractivity (Wildman–Crippen MR) is 117 cm³/mol. The third-order valence-corrected chi connectivity index (χ3v) is 7.88. The lowest BCUT2D eigenvalue weighted by Crippen LogP contribution is -2.40. The third kappa shape index (κ3) is 2.81. The summed E-state index contributed by atoms with van der Waals surface area (Å²) in [4.78, 5) is 29.8. The molecule has 5 atom stereocenters. The topological polar surface area (TPSA) is 95.3 Å². The number of anilines is 1. The molecule has 1 unspecified atom stereocenters. The highest BCUT2D eigenvalue weighted by Gasteiger charge is 2.68. The van der Waals surface area contributed by atoms with Gasteiger partial charge in [0, 0.05) is 24.2 Å². The fraction of sp³-hybridized carbons (Fsp3) is 0.440. The van der Waals surface area contributed by atoms with Crippen LogP contribution in [0.2, 0.25) is 0 Å². The number of halogens is 1. The zero-order valence-electron chi connectivity index (χ0n) is 18.2. The SMILES string of the molecule is CC(=O)NC[C@@H]1OC(=O)N2c3cc(F)c(-c4ccc(C5(C#N)[C@@H]6CCC[C@@H]65)nc4)cc3C[C@@H]12. The molecule has 1 aromatic heterocycles. The number of rotatable bonds is 4. The molecule has 1 saturated heterocycles. The molecule has 7 nitrogen and oxygen atoms in total. The molecule has 0 bridgehead atoms. The van der Waals surface area contributed by atoms with E-state index >= 15 is 4.39 Å². The molecule has 1 N–H and O–H groups in total. The summed E-state index contributed by atoms with van der Waals surface area (Å²) in [7, 11) is 0. The number of pyridine rings is 1. The maximum absolute atomic E-state index is 15.2. The van der Waals surface area contributed by atoms with Crippen LogP contribution in [-0.2, 0) is 21.4 Å². The van der Waals surface area contributed by atoms with Gasteiger partial charge in [0.25, 0.3) is 0 Å². The number of carbonyl (C=O) groups is 2. The van der Waals surface area contributed by atoms with Gasteiger partial charge in [-0.3, -0.25) is 14.7 Å². The zero-order valence-corrected chi connectivity index (χ0v) is 18.2. The van der Waals surface area contributed by atoms with E-state index in [4.69, 9.17) is 4.74 Å². The highest BCUT2D eigenvalue weighted by Crippen LogP contribution is 2.67. The van der Waals surface area contributed by atoms with Crippen molar-refractivity contribution in [2.75, 3.05) is 11.4 Å². The summed E-state index contributed by atoms with van der Waals surface area (Å²) in [5, 5.41) is 12.5. The summed E-state index contributed by atoms with van der Waals surface area (Å²) in [6.45, 7) is 1.63. The fourth-order valence-electron chi connectivity index (χ4n) is 6.28. The average Bonchev–Trinajstić information content (AvgIpc) is 3.19. The lowest BCUT2D eigenvalue weighted by Gasteiger charge is -2.16. The second-order valence-corrected chi connectivity index (χ2v) is 9.52. The Kier molecular flexibility index (Phi) is 4.28. The zero-order chi connectivity index (χ0) is 22.9. The first-order valence-electron chi connectivity index (χ1n) is 11.4. The minimum absolute atomic E-state index is 0.197. The van der Waals surface area contributed by atoms with Crippen LogP contribution in [-0.4, -0.2) is 35.7 Å². The number of nitriles is 1. The molecule has 4 aliphatic rings. The summed E-state index contributed by atoms with van der Waals surface area (Å²) < 4.78 is 20.5. The van der Waals surface area contributed by atoms with E-state index in [1.807, 2.05) is 12.1 Å². The van der Waals surface area contributed by atoms with Crippen molar-refractivity contribution in [3.63, 3.8) is 0 Å². The third-order valence-electron chi connectivity index (χ3n) is 7.88. The lowest BCUT2D eigenvalue weighted by molar-refractivity contribution is -0.119. The fourth-order valence-corrected chi connectivity index (χ4v) is 6.28. The van der Waals surface area contributed by atoms with Crippen molar-refractivity contribution in [1.29, 1.82) is 5.26 Å². The van der Waals surface area contributed by atoms with Crippen LogP contribution >= 0.6 is 0 Å². The van der Waals surface area contributed by atoms with Crippen molar-refractivity contribution in [3.8, 4) is 17.2 Å². The molecule has 2 saturated carbocycles. The Morgan fingerprint density at radius 2 is 2.15 bits per heavy atom. The highest BCUT2D eigenvalue weighted by atomic mass is 19.1. The first-order valence-corrected chi connectivity index (χ1v) is 11.4. The Morgan fingerprint density at radius 1 is 1.36 bits per heavy atom. The number of amides is 2. The molecule has 2 aromatic rings. The van der Waals surface area contributed by atoms with Crippen molar-refractivity contribution < 1.29 is 18.7 Å². The van der Waals surface area contributed by atoms with Crippen LogP contribution in [0.15, 0.2) is 30.5 Å². The number of nitrogens with one attached hydrogen (secondary N) is 1. The molecule has 8 heteroatoms. The van der Waals surface area contributed by atoms with Gasteiger partial charge in [-0.1, -0.05) is 12.5 Å². The maximum atomic E-state index is 15.2. The molecule has 3 heterocycles. The Balaban J connectivity index is 1.28. The van der Waals surface area contributed by atoms with Gasteiger partial charge in [-0.05, 0) is 54.9 Å². The number of cyclic esters (lactones) is 1. The molecule has 1 aromatic carbocycles. The van der Waals surface area contributed by atoms with E-state index in [1.54, 1.807) is 12.3 Å². The van der Waals surface area contributed by atoms with Gasteiger partial charge in [-0.25, -0.2) is 9.18 Å². The number of hydrogen-bond donors (Lipinski definition) is 1. The van der Waals surface area contributed by atoms with Crippen LogP contribution in [0.4, 0.5) is 14.9 Å². The van der Waals surface area contributed by atoms with Crippen molar-refractivity contribution in [2.24, 2.45) is 11.8 Å². The Labute approximate surface area is 190 Å². The molecule has 0 radical (unpaired) electrons. The van der Waals surface area contributed by atoms with Gasteiger partial charge in [0.2, 0.25) is 5.91 Å². The smallest absolute Gasteiger partial charge is 0.415 e. The van der Waals surface area contributed by atoms with E-state index in [0.717, 1.165) is 24.1 Å². The van der Waals surface area contributed by atoms with Gasteiger partial charge in [-0.15, -0.1) is 0 Å².